The van der Waals surface area contributed by atoms with E-state index in [9.17, 15) is 9.90 Å². The number of thiophene rings is 1. The number of nitrogens with zero attached hydrogens (tertiary/aromatic N) is 4. The van der Waals surface area contributed by atoms with E-state index < -0.39 is 6.04 Å². The van der Waals surface area contributed by atoms with Gasteiger partial charge in [-0.1, -0.05) is 36.4 Å². The van der Waals surface area contributed by atoms with E-state index in [1.807, 2.05) is 64.0 Å². The van der Waals surface area contributed by atoms with Crippen molar-refractivity contribution in [2.75, 3.05) is 4.90 Å². The Morgan fingerprint density at radius 1 is 0.938 bits per heavy atom. The van der Waals surface area contributed by atoms with Gasteiger partial charge >= 0.3 is 0 Å². The number of carbonyl (C=O) groups is 1. The SMILES string of the molecule is O=C1c2nn(-c3ccccc3)c(-c3cccs3)c2C(c2cccc(O)c2)N1c1nccs1. The lowest BCUT2D eigenvalue weighted by Crippen LogP contribution is -2.29. The predicted octanol–water partition coefficient (Wildman–Crippen LogP) is 5.51. The fourth-order valence-electron chi connectivity index (χ4n) is 4.16. The van der Waals surface area contributed by atoms with Crippen LogP contribution in [0.15, 0.2) is 83.7 Å². The normalized spacial score (nSPS) is 15.3. The monoisotopic (exact) mass is 456 g/mol. The molecule has 3 aromatic heterocycles. The molecule has 5 aromatic rings. The standard InChI is InChI=1S/C24H16N4O2S2/c29-17-9-4-6-15(14-17)21-19-20(23(30)27(21)24-25-11-13-32-24)26-28(16-7-2-1-3-8-16)22(19)18-10-5-12-31-18/h1-14,21,29H. The molecule has 6 rings (SSSR count). The Hall–Kier alpha value is -3.75. The van der Waals surface area contributed by atoms with Gasteiger partial charge in [-0.25, -0.2) is 9.67 Å². The number of fused-ring (bicyclic) bond motifs is 1. The van der Waals surface area contributed by atoms with Gasteiger partial charge in [-0.15, -0.1) is 22.7 Å². The van der Waals surface area contributed by atoms with Gasteiger partial charge in [0.2, 0.25) is 0 Å². The van der Waals surface area contributed by atoms with Crippen molar-refractivity contribution in [2.45, 2.75) is 6.04 Å². The fraction of sp³-hybridized carbons (Fsp3) is 0.0417. The zero-order chi connectivity index (χ0) is 21.7. The van der Waals surface area contributed by atoms with Crippen molar-refractivity contribution >= 4 is 33.7 Å². The smallest absolute Gasteiger partial charge is 0.281 e. The highest BCUT2D eigenvalue weighted by atomic mass is 32.1. The van der Waals surface area contributed by atoms with Gasteiger partial charge in [0.05, 0.1) is 22.3 Å². The number of thiazole rings is 1. The summed E-state index contributed by atoms with van der Waals surface area (Å²) < 4.78 is 1.85. The largest absolute Gasteiger partial charge is 0.508 e. The number of benzene rings is 2. The predicted molar refractivity (Wildman–Crippen MR) is 126 cm³/mol. The third-order valence-corrected chi connectivity index (χ3v) is 7.09. The maximum absolute atomic E-state index is 13.7. The maximum atomic E-state index is 13.7. The molecule has 2 aromatic carbocycles. The van der Waals surface area contributed by atoms with Crippen LogP contribution in [0.1, 0.15) is 27.7 Å². The number of phenolic OH excluding ortho intramolecular Hbond substituents is 1. The number of carbonyl (C=O) groups excluding carboxylic acids is 1. The van der Waals surface area contributed by atoms with Gasteiger partial charge in [-0.3, -0.25) is 9.69 Å². The van der Waals surface area contributed by atoms with Crippen LogP contribution in [0.2, 0.25) is 0 Å². The molecule has 1 aliphatic rings. The van der Waals surface area contributed by atoms with Crippen LogP contribution in [0.4, 0.5) is 5.13 Å². The van der Waals surface area contributed by atoms with Crippen molar-refractivity contribution < 1.29 is 9.90 Å². The van der Waals surface area contributed by atoms with E-state index in [2.05, 4.69) is 4.98 Å². The minimum absolute atomic E-state index is 0.149. The summed E-state index contributed by atoms with van der Waals surface area (Å²) >= 11 is 3.01. The summed E-state index contributed by atoms with van der Waals surface area (Å²) in [6.07, 6.45) is 1.69. The first-order valence-electron chi connectivity index (χ1n) is 9.96. The molecular weight excluding hydrogens is 440 g/mol. The molecule has 0 spiro atoms. The van der Waals surface area contributed by atoms with Crippen molar-refractivity contribution in [3.05, 3.63) is 101 Å². The summed E-state index contributed by atoms with van der Waals surface area (Å²) in [6.45, 7) is 0. The van der Waals surface area contributed by atoms with Gasteiger partial charge in [0.25, 0.3) is 5.91 Å². The molecule has 0 saturated carbocycles. The first-order valence-corrected chi connectivity index (χ1v) is 11.7. The third kappa shape index (κ3) is 2.88. The minimum Gasteiger partial charge on any atom is -0.508 e. The van der Waals surface area contributed by atoms with Crippen molar-refractivity contribution in [1.29, 1.82) is 0 Å². The molecule has 1 unspecified atom stereocenters. The Bertz CT molecular complexity index is 1410. The summed E-state index contributed by atoms with van der Waals surface area (Å²) in [5, 5.41) is 19.5. The fourth-order valence-corrected chi connectivity index (χ4v) is 5.59. The Morgan fingerprint density at radius 3 is 2.53 bits per heavy atom. The number of amides is 1. The molecule has 0 radical (unpaired) electrons. The molecule has 0 aliphatic carbocycles. The Labute approximate surface area is 191 Å². The lowest BCUT2D eigenvalue weighted by molar-refractivity contribution is 0.0988. The number of aromatic hydroxyl groups is 1. The topological polar surface area (TPSA) is 71.2 Å². The maximum Gasteiger partial charge on any atom is 0.281 e. The molecule has 6 nitrogen and oxygen atoms in total. The van der Waals surface area contributed by atoms with E-state index >= 15 is 0 Å². The summed E-state index contributed by atoms with van der Waals surface area (Å²) in [5.74, 6) is -0.0496. The van der Waals surface area contributed by atoms with Crippen molar-refractivity contribution in [1.82, 2.24) is 14.8 Å². The third-order valence-electron chi connectivity index (χ3n) is 5.44. The zero-order valence-corrected chi connectivity index (χ0v) is 18.3. The van der Waals surface area contributed by atoms with Gasteiger partial charge in [0, 0.05) is 17.1 Å². The second-order valence-electron chi connectivity index (χ2n) is 7.32. The molecule has 1 aliphatic heterocycles. The van der Waals surface area contributed by atoms with Gasteiger partial charge < -0.3 is 5.11 Å². The van der Waals surface area contributed by atoms with E-state index in [1.165, 1.54) is 11.3 Å². The van der Waals surface area contributed by atoms with E-state index in [0.29, 0.717) is 10.8 Å². The lowest BCUT2D eigenvalue weighted by atomic mass is 9.98. The van der Waals surface area contributed by atoms with Crippen LogP contribution >= 0.6 is 22.7 Å². The number of hydrogen-bond donors (Lipinski definition) is 1. The molecule has 0 saturated heterocycles. The highest BCUT2D eigenvalue weighted by Gasteiger charge is 2.45. The molecule has 0 bridgehead atoms. The number of anilines is 1. The number of hydrogen-bond acceptors (Lipinski definition) is 6. The van der Waals surface area contributed by atoms with Crippen molar-refractivity contribution in [3.8, 4) is 22.0 Å². The van der Waals surface area contributed by atoms with Crippen molar-refractivity contribution in [2.24, 2.45) is 0 Å². The van der Waals surface area contributed by atoms with Crippen LogP contribution in [0, 0.1) is 0 Å². The molecule has 156 valence electrons. The summed E-state index contributed by atoms with van der Waals surface area (Å²) in [6, 6.07) is 20.4. The number of aromatic nitrogens is 3. The minimum atomic E-state index is -0.453. The van der Waals surface area contributed by atoms with E-state index in [0.717, 1.165) is 27.4 Å². The van der Waals surface area contributed by atoms with Crippen molar-refractivity contribution in [3.63, 3.8) is 0 Å². The molecule has 8 heteroatoms. The highest BCUT2D eigenvalue weighted by molar-refractivity contribution is 7.14. The molecule has 32 heavy (non-hydrogen) atoms. The summed E-state index contributed by atoms with van der Waals surface area (Å²) in [5.41, 5.74) is 3.79. The summed E-state index contributed by atoms with van der Waals surface area (Å²) in [4.78, 5) is 20.8. The van der Waals surface area contributed by atoms with Crippen LogP contribution in [-0.4, -0.2) is 25.8 Å². The van der Waals surface area contributed by atoms with Gasteiger partial charge in [0.1, 0.15) is 5.75 Å². The van der Waals surface area contributed by atoms with Crippen LogP contribution in [0.5, 0.6) is 5.75 Å². The molecular formula is C24H16N4O2S2. The molecule has 0 fully saturated rings. The zero-order valence-electron chi connectivity index (χ0n) is 16.6. The first kappa shape index (κ1) is 19.0. The number of rotatable bonds is 4. The van der Waals surface area contributed by atoms with Crippen LogP contribution in [0.25, 0.3) is 16.3 Å². The van der Waals surface area contributed by atoms with Crippen LogP contribution in [0.3, 0.4) is 0 Å². The number of para-hydroxylation sites is 1. The quantitative estimate of drug-likeness (QED) is 0.387. The second-order valence-corrected chi connectivity index (χ2v) is 9.14. The Balaban J connectivity index is 1.66. The van der Waals surface area contributed by atoms with E-state index in [4.69, 9.17) is 5.10 Å². The molecule has 4 heterocycles. The average molecular weight is 457 g/mol. The molecule has 1 amide bonds. The number of phenols is 1. The second kappa shape index (κ2) is 7.44. The first-order chi connectivity index (χ1) is 15.7. The van der Waals surface area contributed by atoms with E-state index in [-0.39, 0.29) is 11.7 Å². The Morgan fingerprint density at radius 2 is 1.81 bits per heavy atom. The lowest BCUT2D eigenvalue weighted by Gasteiger charge is -2.24. The van der Waals surface area contributed by atoms with Crippen LogP contribution in [-0.2, 0) is 0 Å². The average Bonchev–Trinajstić information content (AvgIpc) is 3.60. The van der Waals surface area contributed by atoms with Gasteiger partial charge in [0.15, 0.2) is 10.8 Å². The molecule has 1 N–H and O–H groups in total. The van der Waals surface area contributed by atoms with E-state index in [1.54, 1.807) is 40.6 Å². The highest BCUT2D eigenvalue weighted by Crippen LogP contribution is 2.48. The van der Waals surface area contributed by atoms with Gasteiger partial charge in [-0.2, -0.15) is 5.10 Å². The summed E-state index contributed by atoms with van der Waals surface area (Å²) in [7, 11) is 0. The van der Waals surface area contributed by atoms with Crippen LogP contribution < -0.4 is 4.90 Å². The molecule has 1 atom stereocenters. The van der Waals surface area contributed by atoms with Gasteiger partial charge in [-0.05, 0) is 41.3 Å². The Kier molecular flexibility index (Phi) is 4.41.